The van der Waals surface area contributed by atoms with Crippen molar-refractivity contribution in [1.29, 1.82) is 0 Å². The monoisotopic (exact) mass is 207 g/mol. The van der Waals surface area contributed by atoms with Gasteiger partial charge in [-0.05, 0) is 25.8 Å². The second kappa shape index (κ2) is 5.89. The number of hydrogen-bond acceptors (Lipinski definition) is 2. The Morgan fingerprint density at radius 1 is 1.40 bits per heavy atom. The zero-order valence-electron chi connectivity index (χ0n) is 9.83. The van der Waals surface area contributed by atoms with E-state index < -0.39 is 0 Å². The second-order valence-corrected chi connectivity index (χ2v) is 4.11. The summed E-state index contributed by atoms with van der Waals surface area (Å²) in [5.41, 5.74) is 2.55. The number of aliphatic hydroxyl groups is 1. The van der Waals surface area contributed by atoms with Gasteiger partial charge in [0.15, 0.2) is 0 Å². The van der Waals surface area contributed by atoms with Crippen LogP contribution < -0.4 is 5.32 Å². The quantitative estimate of drug-likeness (QED) is 0.777. The first-order valence-electron chi connectivity index (χ1n) is 5.61. The van der Waals surface area contributed by atoms with E-state index in [9.17, 15) is 5.11 Å². The molecule has 1 unspecified atom stereocenters. The van der Waals surface area contributed by atoms with Crippen molar-refractivity contribution in [3.63, 3.8) is 0 Å². The molecule has 84 valence electrons. The molecule has 0 aliphatic rings. The minimum Gasteiger partial charge on any atom is -0.392 e. The molecule has 0 saturated carbocycles. The summed E-state index contributed by atoms with van der Waals surface area (Å²) in [6.07, 6.45) is 0.560. The Labute approximate surface area is 92.3 Å². The predicted octanol–water partition coefficient (Wildman–Crippen LogP) is 2.42. The van der Waals surface area contributed by atoms with Crippen LogP contribution in [-0.2, 0) is 0 Å². The molecule has 0 bridgehead atoms. The van der Waals surface area contributed by atoms with Gasteiger partial charge >= 0.3 is 0 Å². The Bertz CT molecular complexity index is 298. The van der Waals surface area contributed by atoms with Gasteiger partial charge in [0.2, 0.25) is 0 Å². The van der Waals surface area contributed by atoms with E-state index in [1.54, 1.807) is 0 Å². The lowest BCUT2D eigenvalue weighted by Gasteiger charge is -2.17. The third-order valence-corrected chi connectivity index (χ3v) is 2.67. The average Bonchev–Trinajstić information content (AvgIpc) is 2.25. The molecule has 1 rings (SSSR count). The van der Waals surface area contributed by atoms with Crippen molar-refractivity contribution in [3.8, 4) is 0 Å². The van der Waals surface area contributed by atoms with Crippen LogP contribution in [0.4, 0.5) is 0 Å². The van der Waals surface area contributed by atoms with E-state index in [0.29, 0.717) is 12.6 Å². The fraction of sp³-hybridized carbons (Fsp3) is 0.538. The molecule has 2 nitrogen and oxygen atoms in total. The molecular weight excluding hydrogens is 186 g/mol. The van der Waals surface area contributed by atoms with Crippen molar-refractivity contribution in [2.75, 3.05) is 6.54 Å². The summed E-state index contributed by atoms with van der Waals surface area (Å²) in [7, 11) is 0. The molecule has 2 heteroatoms. The summed E-state index contributed by atoms with van der Waals surface area (Å²) in [6.45, 7) is 6.86. The van der Waals surface area contributed by atoms with Crippen molar-refractivity contribution in [1.82, 2.24) is 5.32 Å². The first-order chi connectivity index (χ1) is 7.13. The van der Waals surface area contributed by atoms with Crippen molar-refractivity contribution >= 4 is 0 Å². The van der Waals surface area contributed by atoms with E-state index in [4.69, 9.17) is 0 Å². The van der Waals surface area contributed by atoms with E-state index in [1.165, 1.54) is 11.1 Å². The largest absolute Gasteiger partial charge is 0.392 e. The van der Waals surface area contributed by atoms with Gasteiger partial charge in [-0.2, -0.15) is 0 Å². The van der Waals surface area contributed by atoms with Crippen molar-refractivity contribution in [2.45, 2.75) is 39.3 Å². The highest BCUT2D eigenvalue weighted by Crippen LogP contribution is 2.13. The van der Waals surface area contributed by atoms with Crippen LogP contribution in [0, 0.1) is 6.92 Å². The van der Waals surface area contributed by atoms with Gasteiger partial charge < -0.3 is 10.4 Å². The molecule has 0 aromatic heterocycles. The molecule has 1 aromatic carbocycles. The maximum absolute atomic E-state index is 9.45. The lowest BCUT2D eigenvalue weighted by Crippen LogP contribution is -2.28. The Hall–Kier alpha value is -0.860. The highest BCUT2D eigenvalue weighted by molar-refractivity contribution is 5.24. The van der Waals surface area contributed by atoms with E-state index in [-0.39, 0.29) is 6.10 Å². The van der Waals surface area contributed by atoms with Crippen LogP contribution in [0.25, 0.3) is 0 Å². The molecule has 0 heterocycles. The van der Waals surface area contributed by atoms with E-state index in [2.05, 4.69) is 43.4 Å². The van der Waals surface area contributed by atoms with Crippen molar-refractivity contribution in [2.24, 2.45) is 0 Å². The minimum absolute atomic E-state index is 0.239. The fourth-order valence-electron chi connectivity index (χ4n) is 1.51. The van der Waals surface area contributed by atoms with Crippen LogP contribution >= 0.6 is 0 Å². The van der Waals surface area contributed by atoms with Gasteiger partial charge in [0, 0.05) is 12.6 Å². The number of aliphatic hydroxyl groups excluding tert-OH is 1. The molecule has 0 radical (unpaired) electrons. The van der Waals surface area contributed by atoms with Crippen molar-refractivity contribution < 1.29 is 5.11 Å². The van der Waals surface area contributed by atoms with Gasteiger partial charge in [0.1, 0.15) is 0 Å². The number of nitrogens with one attached hydrogen (secondary N) is 1. The molecule has 2 atom stereocenters. The summed E-state index contributed by atoms with van der Waals surface area (Å²) in [5, 5.41) is 12.8. The number of aryl methyl sites for hydroxylation is 1. The van der Waals surface area contributed by atoms with E-state index in [0.717, 1.165) is 6.42 Å². The standard InChI is InChI=1S/C13H21NO/c1-4-13(15)9-14-11(3)12-7-5-6-10(2)8-12/h5-8,11,13-15H,4,9H2,1-3H3/t11-,13?/m1/s1. The molecule has 0 fully saturated rings. The average molecular weight is 207 g/mol. The fourth-order valence-corrected chi connectivity index (χ4v) is 1.51. The predicted molar refractivity (Wildman–Crippen MR) is 63.9 cm³/mol. The third-order valence-electron chi connectivity index (χ3n) is 2.67. The summed E-state index contributed by atoms with van der Waals surface area (Å²) in [5.74, 6) is 0. The van der Waals surface area contributed by atoms with Gasteiger partial charge in [-0.25, -0.2) is 0 Å². The van der Waals surface area contributed by atoms with Gasteiger partial charge in [0.25, 0.3) is 0 Å². The zero-order chi connectivity index (χ0) is 11.3. The van der Waals surface area contributed by atoms with Crippen LogP contribution in [0.15, 0.2) is 24.3 Å². The van der Waals surface area contributed by atoms with E-state index in [1.807, 2.05) is 6.92 Å². The SMILES string of the molecule is CCC(O)CN[C@H](C)c1cccc(C)c1. The Morgan fingerprint density at radius 2 is 2.13 bits per heavy atom. The molecule has 15 heavy (non-hydrogen) atoms. The Balaban J connectivity index is 2.50. The Kier molecular flexibility index (Phi) is 4.79. The summed E-state index contributed by atoms with van der Waals surface area (Å²) in [6, 6.07) is 8.75. The molecular formula is C13H21NO. The van der Waals surface area contributed by atoms with Gasteiger partial charge in [-0.1, -0.05) is 36.8 Å². The molecule has 1 aromatic rings. The number of benzene rings is 1. The number of rotatable bonds is 5. The first-order valence-corrected chi connectivity index (χ1v) is 5.61. The summed E-state index contributed by atoms with van der Waals surface area (Å²) >= 11 is 0. The van der Waals surface area contributed by atoms with Crippen LogP contribution in [0.5, 0.6) is 0 Å². The van der Waals surface area contributed by atoms with Gasteiger partial charge in [0.05, 0.1) is 6.10 Å². The highest BCUT2D eigenvalue weighted by atomic mass is 16.3. The lowest BCUT2D eigenvalue weighted by atomic mass is 10.1. The van der Waals surface area contributed by atoms with Gasteiger partial charge in [-0.15, -0.1) is 0 Å². The van der Waals surface area contributed by atoms with Crippen LogP contribution in [-0.4, -0.2) is 17.8 Å². The van der Waals surface area contributed by atoms with Crippen LogP contribution in [0.2, 0.25) is 0 Å². The van der Waals surface area contributed by atoms with E-state index >= 15 is 0 Å². The molecule has 0 aliphatic carbocycles. The summed E-state index contributed by atoms with van der Waals surface area (Å²) in [4.78, 5) is 0. The third kappa shape index (κ3) is 4.02. The highest BCUT2D eigenvalue weighted by Gasteiger charge is 2.06. The maximum atomic E-state index is 9.45. The second-order valence-electron chi connectivity index (χ2n) is 4.11. The van der Waals surface area contributed by atoms with Gasteiger partial charge in [-0.3, -0.25) is 0 Å². The zero-order valence-corrected chi connectivity index (χ0v) is 9.83. The lowest BCUT2D eigenvalue weighted by molar-refractivity contribution is 0.164. The summed E-state index contributed by atoms with van der Waals surface area (Å²) < 4.78 is 0. The normalized spacial score (nSPS) is 14.9. The first kappa shape index (κ1) is 12.2. The van der Waals surface area contributed by atoms with Crippen LogP contribution in [0.1, 0.15) is 37.4 Å². The maximum Gasteiger partial charge on any atom is 0.0662 e. The molecule has 0 aliphatic heterocycles. The minimum atomic E-state index is -0.239. The van der Waals surface area contributed by atoms with Crippen LogP contribution in [0.3, 0.4) is 0 Å². The topological polar surface area (TPSA) is 32.3 Å². The number of hydrogen-bond donors (Lipinski definition) is 2. The molecule has 0 saturated heterocycles. The Morgan fingerprint density at radius 3 is 2.73 bits per heavy atom. The molecule has 0 amide bonds. The van der Waals surface area contributed by atoms with Crippen molar-refractivity contribution in [3.05, 3.63) is 35.4 Å². The molecule has 0 spiro atoms. The smallest absolute Gasteiger partial charge is 0.0662 e. The molecule has 2 N–H and O–H groups in total.